The first kappa shape index (κ1) is 24.7. The summed E-state index contributed by atoms with van der Waals surface area (Å²) in [5.74, 6) is 0. The highest BCUT2D eigenvalue weighted by Gasteiger charge is 2.17. The summed E-state index contributed by atoms with van der Waals surface area (Å²) in [6.45, 7) is 10.0. The number of nitrogens with one attached hydrogen (secondary N) is 4. The highest BCUT2D eigenvalue weighted by molar-refractivity contribution is 5.17. The summed E-state index contributed by atoms with van der Waals surface area (Å²) >= 11 is 0. The average Bonchev–Trinajstić information content (AvgIpc) is 2.82. The molecule has 0 fully saturated rings. The molecule has 8 heteroatoms. The van der Waals surface area contributed by atoms with Crippen molar-refractivity contribution in [1.29, 1.82) is 0 Å². The summed E-state index contributed by atoms with van der Waals surface area (Å²) in [6.07, 6.45) is -1.06. The Hall–Kier alpha value is -1.94. The highest BCUT2D eigenvalue weighted by atomic mass is 16.3. The van der Waals surface area contributed by atoms with Crippen molar-refractivity contribution in [2.45, 2.75) is 64.1 Å². The van der Waals surface area contributed by atoms with Crippen LogP contribution in [0.2, 0.25) is 0 Å². The molecule has 2 aromatic heterocycles. The van der Waals surface area contributed by atoms with Crippen molar-refractivity contribution < 1.29 is 10.2 Å². The van der Waals surface area contributed by atoms with Crippen LogP contribution in [0.4, 0.5) is 0 Å². The summed E-state index contributed by atoms with van der Waals surface area (Å²) in [6, 6.07) is 12.0. The molecule has 32 heavy (non-hydrogen) atoms. The van der Waals surface area contributed by atoms with Gasteiger partial charge in [0.15, 0.2) is 0 Å². The van der Waals surface area contributed by atoms with Gasteiger partial charge < -0.3 is 31.5 Å². The Kier molecular flexibility index (Phi) is 9.10. The van der Waals surface area contributed by atoms with E-state index in [0.29, 0.717) is 26.2 Å². The smallest absolute Gasteiger partial charge is 0.0789 e. The number of aliphatic hydroxyl groups excluding tert-OH is 2. The molecule has 1 aliphatic rings. The number of aliphatic hydroxyl groups is 2. The molecule has 0 spiro atoms. The Balaban J connectivity index is 1.75. The molecule has 0 saturated carbocycles. The zero-order chi connectivity index (χ0) is 23.1. The van der Waals surface area contributed by atoms with Crippen LogP contribution in [0.5, 0.6) is 0 Å². The van der Waals surface area contributed by atoms with Gasteiger partial charge in [0.2, 0.25) is 0 Å². The standard InChI is InChI=1S/C24H38N6O2/c1-15-21-7-5-8-22(29-21)16(2)27-13-20(32)14-28-18(4)24-10-6-9-23(30-24)17(3)26-12-19(31)11-25-15/h5-10,15-20,25-28,31-32H,11-14H2,1-4H3. The van der Waals surface area contributed by atoms with Gasteiger partial charge in [-0.3, -0.25) is 9.97 Å². The molecular weight excluding hydrogens is 404 g/mol. The molecule has 0 saturated heterocycles. The lowest BCUT2D eigenvalue weighted by Gasteiger charge is -2.23. The molecular formula is C24H38N6O2. The van der Waals surface area contributed by atoms with Crippen molar-refractivity contribution in [2.24, 2.45) is 0 Å². The van der Waals surface area contributed by atoms with E-state index in [-0.39, 0.29) is 24.2 Å². The quantitative estimate of drug-likeness (QED) is 0.364. The van der Waals surface area contributed by atoms with E-state index in [1.54, 1.807) is 0 Å². The van der Waals surface area contributed by atoms with Gasteiger partial charge in [-0.15, -0.1) is 0 Å². The lowest BCUT2D eigenvalue weighted by atomic mass is 10.1. The SMILES string of the molecule is CC1NCC(O)CNC(C)c2cccc(n2)C(C)NCC(O)CNC(C)c2cccc1n2. The van der Waals surface area contributed by atoms with Gasteiger partial charge in [-0.1, -0.05) is 12.1 Å². The van der Waals surface area contributed by atoms with Crippen molar-refractivity contribution in [2.75, 3.05) is 26.2 Å². The predicted molar refractivity (Wildman–Crippen MR) is 126 cm³/mol. The second-order valence-electron chi connectivity index (χ2n) is 8.80. The van der Waals surface area contributed by atoms with Crippen molar-refractivity contribution in [3.8, 4) is 0 Å². The molecule has 3 rings (SSSR count). The Morgan fingerprint density at radius 3 is 1.06 bits per heavy atom. The molecule has 0 amide bonds. The Labute approximate surface area is 191 Å². The molecule has 8 nitrogen and oxygen atoms in total. The van der Waals surface area contributed by atoms with E-state index in [2.05, 4.69) is 21.3 Å². The summed E-state index contributed by atoms with van der Waals surface area (Å²) in [5.41, 5.74) is 3.71. The van der Waals surface area contributed by atoms with Gasteiger partial charge in [0.05, 0.1) is 35.0 Å². The molecule has 4 bridgehead atoms. The van der Waals surface area contributed by atoms with Crippen LogP contribution in [0.3, 0.4) is 0 Å². The molecule has 4 atom stereocenters. The maximum absolute atomic E-state index is 10.5. The second kappa shape index (κ2) is 11.8. The van der Waals surface area contributed by atoms with E-state index in [1.807, 2.05) is 64.1 Å². The minimum Gasteiger partial charge on any atom is -0.390 e. The lowest BCUT2D eigenvalue weighted by Crippen LogP contribution is -2.38. The van der Waals surface area contributed by atoms with Crippen molar-refractivity contribution in [3.63, 3.8) is 0 Å². The fourth-order valence-electron chi connectivity index (χ4n) is 3.72. The summed E-state index contributed by atoms with van der Waals surface area (Å²) in [7, 11) is 0. The number of nitrogens with zero attached hydrogens (tertiary/aromatic N) is 2. The van der Waals surface area contributed by atoms with Gasteiger partial charge in [0, 0.05) is 50.3 Å². The molecule has 6 N–H and O–H groups in total. The van der Waals surface area contributed by atoms with Gasteiger partial charge in [0.1, 0.15) is 0 Å². The van der Waals surface area contributed by atoms with Crippen LogP contribution in [0.1, 0.15) is 74.6 Å². The Bertz CT molecular complexity index is 723. The van der Waals surface area contributed by atoms with Gasteiger partial charge in [-0.05, 0) is 52.0 Å². The second-order valence-corrected chi connectivity index (χ2v) is 8.80. The first-order chi connectivity index (χ1) is 15.3. The molecule has 0 aromatic carbocycles. The van der Waals surface area contributed by atoms with Crippen LogP contribution in [0.15, 0.2) is 36.4 Å². The van der Waals surface area contributed by atoms with E-state index < -0.39 is 12.2 Å². The Morgan fingerprint density at radius 2 is 0.812 bits per heavy atom. The fourth-order valence-corrected chi connectivity index (χ4v) is 3.72. The van der Waals surface area contributed by atoms with Crippen molar-refractivity contribution in [1.82, 2.24) is 31.2 Å². The molecule has 2 aromatic rings. The third-order valence-electron chi connectivity index (χ3n) is 6.00. The van der Waals surface area contributed by atoms with E-state index in [1.165, 1.54) is 0 Å². The first-order valence-corrected chi connectivity index (χ1v) is 11.6. The van der Waals surface area contributed by atoms with Gasteiger partial charge in [-0.2, -0.15) is 0 Å². The van der Waals surface area contributed by atoms with Crippen LogP contribution in [0.25, 0.3) is 0 Å². The molecule has 1 aliphatic heterocycles. The third kappa shape index (κ3) is 7.03. The molecule has 0 radical (unpaired) electrons. The first-order valence-electron chi connectivity index (χ1n) is 11.6. The van der Waals surface area contributed by atoms with Crippen LogP contribution in [0, 0.1) is 0 Å². The fraction of sp³-hybridized carbons (Fsp3) is 0.583. The molecule has 4 unspecified atom stereocenters. The van der Waals surface area contributed by atoms with Gasteiger partial charge in [0.25, 0.3) is 0 Å². The Morgan fingerprint density at radius 1 is 0.562 bits per heavy atom. The minimum atomic E-state index is -0.528. The lowest BCUT2D eigenvalue weighted by molar-refractivity contribution is 0.160. The normalized spacial score (nSPS) is 31.1. The topological polar surface area (TPSA) is 114 Å². The van der Waals surface area contributed by atoms with Crippen LogP contribution >= 0.6 is 0 Å². The van der Waals surface area contributed by atoms with Crippen molar-refractivity contribution >= 4 is 0 Å². The number of hydrogen-bond donors (Lipinski definition) is 6. The van der Waals surface area contributed by atoms with E-state index in [9.17, 15) is 10.2 Å². The van der Waals surface area contributed by atoms with Gasteiger partial charge >= 0.3 is 0 Å². The zero-order valence-corrected chi connectivity index (χ0v) is 19.5. The largest absolute Gasteiger partial charge is 0.390 e. The molecule has 176 valence electrons. The minimum absolute atomic E-state index is 0.00875. The summed E-state index contributed by atoms with van der Waals surface area (Å²) in [5, 5.41) is 34.4. The maximum atomic E-state index is 10.5. The molecule has 3 heterocycles. The monoisotopic (exact) mass is 442 g/mol. The van der Waals surface area contributed by atoms with Crippen LogP contribution < -0.4 is 21.3 Å². The average molecular weight is 443 g/mol. The van der Waals surface area contributed by atoms with Crippen LogP contribution in [-0.2, 0) is 0 Å². The summed E-state index contributed by atoms with van der Waals surface area (Å²) in [4.78, 5) is 9.58. The number of aromatic nitrogens is 2. The number of fused-ring (bicyclic) bond motifs is 4. The highest BCUT2D eigenvalue weighted by Crippen LogP contribution is 2.17. The number of pyridine rings is 2. The van der Waals surface area contributed by atoms with E-state index in [0.717, 1.165) is 22.8 Å². The van der Waals surface area contributed by atoms with Crippen LogP contribution in [-0.4, -0.2) is 58.6 Å². The van der Waals surface area contributed by atoms with E-state index in [4.69, 9.17) is 9.97 Å². The maximum Gasteiger partial charge on any atom is 0.0789 e. The third-order valence-corrected chi connectivity index (χ3v) is 6.00. The summed E-state index contributed by atoms with van der Waals surface area (Å²) < 4.78 is 0. The predicted octanol–water partition coefficient (Wildman–Crippen LogP) is 1.51. The zero-order valence-electron chi connectivity index (χ0n) is 19.5. The number of hydrogen-bond acceptors (Lipinski definition) is 8. The molecule has 0 aliphatic carbocycles. The number of β-amino-alcohol motifs (C(OH)–C–C–N with tert-alkyl or cyclic N) is 2. The van der Waals surface area contributed by atoms with E-state index >= 15 is 0 Å². The van der Waals surface area contributed by atoms with Crippen molar-refractivity contribution in [3.05, 3.63) is 59.2 Å². The van der Waals surface area contributed by atoms with Gasteiger partial charge in [-0.25, -0.2) is 0 Å². The number of rotatable bonds is 0.